The van der Waals surface area contributed by atoms with E-state index in [0.29, 0.717) is 35.0 Å². The van der Waals surface area contributed by atoms with E-state index < -0.39 is 12.0 Å². The zero-order valence-electron chi connectivity index (χ0n) is 18.9. The van der Waals surface area contributed by atoms with Crippen LogP contribution in [0.15, 0.2) is 42.5 Å². The molecule has 172 valence electrons. The first-order valence-corrected chi connectivity index (χ1v) is 9.92. The maximum atomic E-state index is 12.4. The van der Waals surface area contributed by atoms with Gasteiger partial charge in [-0.1, -0.05) is 26.0 Å². The zero-order chi connectivity index (χ0) is 23.0. The highest BCUT2D eigenvalue weighted by molar-refractivity contribution is 5.85. The molecule has 32 heavy (non-hydrogen) atoms. The van der Waals surface area contributed by atoms with Gasteiger partial charge < -0.3 is 24.7 Å². The van der Waals surface area contributed by atoms with Gasteiger partial charge >= 0.3 is 5.97 Å². The van der Waals surface area contributed by atoms with Crippen LogP contribution in [0.3, 0.4) is 0 Å². The molecule has 2 aromatic rings. The average Bonchev–Trinajstić information content (AvgIpc) is 2.77. The summed E-state index contributed by atoms with van der Waals surface area (Å²) in [5, 5.41) is 9.37. The topological polar surface area (TPSA) is 104 Å². The number of methoxy groups -OCH3 is 2. The van der Waals surface area contributed by atoms with Crippen molar-refractivity contribution < 1.29 is 23.7 Å². The maximum absolute atomic E-state index is 12.4. The molecule has 0 amide bonds. The molecule has 0 aliphatic heterocycles. The Hall–Kier alpha value is -3.21. The smallest absolute Gasteiger partial charge is 0.328 e. The average molecular weight is 461 g/mol. The van der Waals surface area contributed by atoms with E-state index in [9.17, 15) is 10.1 Å². The van der Waals surface area contributed by atoms with E-state index in [1.807, 2.05) is 26.8 Å². The summed E-state index contributed by atoms with van der Waals surface area (Å²) in [7, 11) is 3.05. The number of ether oxygens (including phenoxy) is 4. The van der Waals surface area contributed by atoms with E-state index in [-0.39, 0.29) is 24.1 Å². The Labute approximate surface area is 195 Å². The van der Waals surface area contributed by atoms with Gasteiger partial charge in [0.2, 0.25) is 0 Å². The van der Waals surface area contributed by atoms with E-state index in [4.69, 9.17) is 24.7 Å². The van der Waals surface area contributed by atoms with E-state index in [1.165, 1.54) is 13.2 Å². The highest BCUT2D eigenvalue weighted by Gasteiger charge is 2.22. The lowest BCUT2D eigenvalue weighted by atomic mass is 9.97. The summed E-state index contributed by atoms with van der Waals surface area (Å²) in [4.78, 5) is 12.4. The van der Waals surface area contributed by atoms with Crippen LogP contribution in [0.4, 0.5) is 0 Å². The Morgan fingerprint density at radius 1 is 1.03 bits per heavy atom. The van der Waals surface area contributed by atoms with Gasteiger partial charge in [-0.05, 0) is 53.8 Å². The van der Waals surface area contributed by atoms with Crippen molar-refractivity contribution >= 4 is 23.9 Å². The molecule has 0 aliphatic rings. The fraction of sp³-hybridized carbons (Fsp3) is 0.333. The Morgan fingerprint density at radius 3 is 2.03 bits per heavy atom. The molecule has 0 aliphatic carbocycles. The number of hydrogen-bond donors (Lipinski definition) is 1. The molecule has 0 bridgehead atoms. The molecular weight excluding hydrogens is 432 g/mol. The van der Waals surface area contributed by atoms with Crippen molar-refractivity contribution in [3.8, 4) is 29.1 Å². The maximum Gasteiger partial charge on any atom is 0.328 e. The lowest BCUT2D eigenvalue weighted by Crippen LogP contribution is -2.38. The molecule has 2 N–H and O–H groups in total. The van der Waals surface area contributed by atoms with Crippen molar-refractivity contribution in [2.45, 2.75) is 26.8 Å². The van der Waals surface area contributed by atoms with Gasteiger partial charge in [-0.2, -0.15) is 5.26 Å². The molecule has 0 radical (unpaired) electrons. The fourth-order valence-electron chi connectivity index (χ4n) is 2.88. The second kappa shape index (κ2) is 12.6. The number of carbonyl (C=O) groups is 1. The number of halogens is 1. The Morgan fingerprint density at radius 2 is 1.56 bits per heavy atom. The first-order chi connectivity index (χ1) is 14.9. The van der Waals surface area contributed by atoms with Gasteiger partial charge in [0.15, 0.2) is 23.0 Å². The van der Waals surface area contributed by atoms with Crippen LogP contribution in [0.25, 0.3) is 5.57 Å². The predicted octanol–water partition coefficient (Wildman–Crippen LogP) is 4.37. The first kappa shape index (κ1) is 26.8. The highest BCUT2D eigenvalue weighted by atomic mass is 35.5. The molecule has 1 unspecified atom stereocenters. The third kappa shape index (κ3) is 6.39. The molecule has 0 heterocycles. The fourth-order valence-corrected chi connectivity index (χ4v) is 2.88. The SMILES string of the molecule is CCOc1cc(C(=CC#N)c2ccc(OC)c(OC(=O)C(N)C(C)C)c2)ccc1OC.Cl. The van der Waals surface area contributed by atoms with Gasteiger partial charge in [-0.3, -0.25) is 0 Å². The van der Waals surface area contributed by atoms with Crippen LogP contribution in [0.1, 0.15) is 31.9 Å². The van der Waals surface area contributed by atoms with Gasteiger partial charge in [0.1, 0.15) is 6.04 Å². The van der Waals surface area contributed by atoms with Gasteiger partial charge in [0.25, 0.3) is 0 Å². The molecule has 7 nitrogen and oxygen atoms in total. The number of benzene rings is 2. The molecule has 0 saturated carbocycles. The second-order valence-electron chi connectivity index (χ2n) is 7.04. The van der Waals surface area contributed by atoms with Crippen molar-refractivity contribution in [3.63, 3.8) is 0 Å². The third-order valence-electron chi connectivity index (χ3n) is 4.66. The van der Waals surface area contributed by atoms with Crippen LogP contribution in [-0.4, -0.2) is 32.8 Å². The summed E-state index contributed by atoms with van der Waals surface area (Å²) >= 11 is 0. The molecule has 2 aromatic carbocycles. The number of nitrogens with zero attached hydrogens (tertiary/aromatic N) is 1. The number of nitrogens with two attached hydrogens (primary N) is 1. The molecule has 0 aromatic heterocycles. The number of allylic oxidation sites excluding steroid dienone is 1. The van der Waals surface area contributed by atoms with Crippen LogP contribution in [0, 0.1) is 17.2 Å². The quantitative estimate of drug-likeness (QED) is 0.336. The summed E-state index contributed by atoms with van der Waals surface area (Å²) in [6.45, 7) is 6.03. The van der Waals surface area contributed by atoms with Crippen molar-refractivity contribution in [2.75, 3.05) is 20.8 Å². The largest absolute Gasteiger partial charge is 0.493 e. The summed E-state index contributed by atoms with van der Waals surface area (Å²) < 4.78 is 21.8. The van der Waals surface area contributed by atoms with Gasteiger partial charge in [-0.15, -0.1) is 12.4 Å². The normalized spacial score (nSPS) is 11.8. The van der Waals surface area contributed by atoms with Crippen molar-refractivity contribution in [2.24, 2.45) is 11.7 Å². The van der Waals surface area contributed by atoms with Gasteiger partial charge in [0.05, 0.1) is 26.9 Å². The predicted molar refractivity (Wildman–Crippen MR) is 126 cm³/mol. The minimum atomic E-state index is -0.766. The van der Waals surface area contributed by atoms with Crippen molar-refractivity contribution in [3.05, 3.63) is 53.6 Å². The summed E-state index contributed by atoms with van der Waals surface area (Å²) in [6.07, 6.45) is 1.42. The lowest BCUT2D eigenvalue weighted by molar-refractivity contribution is -0.136. The molecule has 0 spiro atoms. The van der Waals surface area contributed by atoms with Crippen molar-refractivity contribution in [1.82, 2.24) is 0 Å². The van der Waals surface area contributed by atoms with Crippen LogP contribution in [0.2, 0.25) is 0 Å². The monoisotopic (exact) mass is 460 g/mol. The van der Waals surface area contributed by atoms with Crippen LogP contribution >= 0.6 is 12.4 Å². The summed E-state index contributed by atoms with van der Waals surface area (Å²) in [5.41, 5.74) is 7.94. The summed E-state index contributed by atoms with van der Waals surface area (Å²) in [6, 6.07) is 11.8. The van der Waals surface area contributed by atoms with Crippen LogP contribution < -0.4 is 24.7 Å². The van der Waals surface area contributed by atoms with Gasteiger partial charge in [-0.25, -0.2) is 4.79 Å². The number of nitriles is 1. The standard InChI is InChI=1S/C24H28N2O5.ClH/c1-6-30-21-13-16(7-9-19(21)28-4)18(11-12-25)17-8-10-20(29-5)22(14-17)31-24(27)23(26)15(2)3;/h7-11,13-15,23H,6,26H2,1-5H3;1H. The zero-order valence-corrected chi connectivity index (χ0v) is 19.7. The molecular formula is C24H29ClN2O5. The number of carbonyl (C=O) groups excluding carboxylic acids is 1. The molecule has 0 saturated heterocycles. The van der Waals surface area contributed by atoms with E-state index in [0.717, 1.165) is 5.56 Å². The molecule has 0 fully saturated rings. The van der Waals surface area contributed by atoms with Crippen LogP contribution in [0.5, 0.6) is 23.0 Å². The highest BCUT2D eigenvalue weighted by Crippen LogP contribution is 2.36. The molecule has 8 heteroatoms. The Kier molecular flexibility index (Phi) is 10.6. The Balaban J connectivity index is 0.00000512. The molecule has 1 atom stereocenters. The van der Waals surface area contributed by atoms with Gasteiger partial charge in [0, 0.05) is 6.08 Å². The van der Waals surface area contributed by atoms with Crippen molar-refractivity contribution in [1.29, 1.82) is 5.26 Å². The number of rotatable bonds is 9. The number of hydrogen-bond acceptors (Lipinski definition) is 7. The van der Waals surface area contributed by atoms with E-state index >= 15 is 0 Å². The lowest BCUT2D eigenvalue weighted by Gasteiger charge is -2.17. The third-order valence-corrected chi connectivity index (χ3v) is 4.66. The molecule has 2 rings (SSSR count). The van der Waals surface area contributed by atoms with Crippen LogP contribution in [-0.2, 0) is 4.79 Å². The van der Waals surface area contributed by atoms with E-state index in [1.54, 1.807) is 37.4 Å². The Bertz CT molecular complexity index is 998. The number of esters is 1. The minimum absolute atomic E-state index is 0. The second-order valence-corrected chi connectivity index (χ2v) is 7.04. The van der Waals surface area contributed by atoms with E-state index in [2.05, 4.69) is 6.07 Å². The first-order valence-electron chi connectivity index (χ1n) is 9.92. The minimum Gasteiger partial charge on any atom is -0.493 e. The summed E-state index contributed by atoms with van der Waals surface area (Å²) in [5.74, 6) is 1.13.